The van der Waals surface area contributed by atoms with E-state index in [4.69, 9.17) is 16.3 Å². The number of carbonyl (C=O) groups is 1. The highest BCUT2D eigenvalue weighted by atomic mass is 35.5. The monoisotopic (exact) mass is 225 g/mol. The van der Waals surface area contributed by atoms with Crippen LogP contribution in [0.5, 0.6) is 0 Å². The average molecular weight is 226 g/mol. The molecule has 1 aliphatic heterocycles. The van der Waals surface area contributed by atoms with Crippen molar-refractivity contribution in [2.24, 2.45) is 0 Å². The number of nitrogens with one attached hydrogen (secondary N) is 1. The highest BCUT2D eigenvalue weighted by Gasteiger charge is 2.39. The number of alkyl halides is 1. The lowest BCUT2D eigenvalue weighted by Crippen LogP contribution is -2.37. The van der Waals surface area contributed by atoms with Crippen molar-refractivity contribution in [3.05, 3.63) is 35.9 Å². The molecule has 1 aliphatic rings. The Balaban J connectivity index is 2.12. The van der Waals surface area contributed by atoms with Crippen LogP contribution in [-0.4, -0.2) is 24.1 Å². The van der Waals surface area contributed by atoms with Crippen LogP contribution < -0.4 is 5.32 Å². The standard InChI is InChI=1S/C11H12ClNO2/c12-7-11(8-13-10(14)15-11)6-9-4-2-1-3-5-9/h1-5H,6-8H2,(H,13,14). The lowest BCUT2D eigenvalue weighted by Gasteiger charge is -2.23. The van der Waals surface area contributed by atoms with Crippen molar-refractivity contribution in [2.75, 3.05) is 12.4 Å². The van der Waals surface area contributed by atoms with E-state index in [0.29, 0.717) is 18.8 Å². The van der Waals surface area contributed by atoms with Gasteiger partial charge in [0.15, 0.2) is 0 Å². The normalized spacial score (nSPS) is 24.7. The van der Waals surface area contributed by atoms with Crippen LogP contribution in [0.25, 0.3) is 0 Å². The number of cyclic esters (lactones) is 1. The van der Waals surface area contributed by atoms with E-state index in [-0.39, 0.29) is 6.09 Å². The van der Waals surface area contributed by atoms with Crippen LogP contribution >= 0.6 is 11.6 Å². The van der Waals surface area contributed by atoms with Gasteiger partial charge in [0.1, 0.15) is 5.60 Å². The Labute approximate surface area is 93.4 Å². The lowest BCUT2D eigenvalue weighted by molar-refractivity contribution is 0.0751. The Kier molecular flexibility index (Phi) is 2.82. The summed E-state index contributed by atoms with van der Waals surface area (Å²) >= 11 is 5.86. The zero-order valence-corrected chi connectivity index (χ0v) is 8.96. The van der Waals surface area contributed by atoms with E-state index in [1.54, 1.807) is 0 Å². The van der Waals surface area contributed by atoms with Crippen LogP contribution in [0.3, 0.4) is 0 Å². The number of benzene rings is 1. The Bertz CT molecular complexity index is 355. The van der Waals surface area contributed by atoms with Crippen molar-refractivity contribution in [1.29, 1.82) is 0 Å². The van der Waals surface area contributed by atoms with Gasteiger partial charge in [0.2, 0.25) is 0 Å². The number of hydrogen-bond acceptors (Lipinski definition) is 2. The van der Waals surface area contributed by atoms with Gasteiger partial charge >= 0.3 is 6.09 Å². The van der Waals surface area contributed by atoms with Crippen LogP contribution in [0.2, 0.25) is 0 Å². The van der Waals surface area contributed by atoms with E-state index in [1.165, 1.54) is 0 Å². The molecular formula is C11H12ClNO2. The van der Waals surface area contributed by atoms with Crippen LogP contribution in [0, 0.1) is 0 Å². The number of alkyl carbamates (subject to hydrolysis) is 1. The molecule has 1 atom stereocenters. The van der Waals surface area contributed by atoms with Gasteiger partial charge in [-0.2, -0.15) is 0 Å². The van der Waals surface area contributed by atoms with E-state index >= 15 is 0 Å². The lowest BCUT2D eigenvalue weighted by atomic mass is 9.97. The summed E-state index contributed by atoms with van der Waals surface area (Å²) in [5.41, 5.74) is 0.537. The first-order valence-electron chi connectivity index (χ1n) is 4.81. The molecule has 1 N–H and O–H groups in total. The summed E-state index contributed by atoms with van der Waals surface area (Å²) in [6, 6.07) is 9.87. The molecule has 2 rings (SSSR count). The van der Waals surface area contributed by atoms with Gasteiger partial charge in [0.05, 0.1) is 12.4 Å². The van der Waals surface area contributed by atoms with Crippen LogP contribution in [0.4, 0.5) is 4.79 Å². The van der Waals surface area contributed by atoms with E-state index < -0.39 is 5.60 Å². The summed E-state index contributed by atoms with van der Waals surface area (Å²) in [6.07, 6.45) is 0.266. The Morgan fingerprint density at radius 1 is 1.40 bits per heavy atom. The number of rotatable bonds is 3. The zero-order chi connectivity index (χ0) is 10.7. The molecular weight excluding hydrogens is 214 g/mol. The Morgan fingerprint density at radius 3 is 2.67 bits per heavy atom. The maximum absolute atomic E-state index is 11.0. The SMILES string of the molecule is O=C1NCC(CCl)(Cc2ccccc2)O1. The molecule has 1 fully saturated rings. The molecule has 0 aliphatic carbocycles. The summed E-state index contributed by atoms with van der Waals surface area (Å²) in [5, 5.41) is 2.64. The molecule has 1 aromatic carbocycles. The quantitative estimate of drug-likeness (QED) is 0.799. The fourth-order valence-electron chi connectivity index (χ4n) is 1.69. The van der Waals surface area contributed by atoms with Crippen molar-refractivity contribution in [3.63, 3.8) is 0 Å². The zero-order valence-electron chi connectivity index (χ0n) is 8.20. The van der Waals surface area contributed by atoms with Crippen molar-refractivity contribution < 1.29 is 9.53 Å². The van der Waals surface area contributed by atoms with Gasteiger partial charge in [0, 0.05) is 6.42 Å². The predicted octanol–water partition coefficient (Wildman–Crippen LogP) is 1.95. The van der Waals surface area contributed by atoms with Gasteiger partial charge in [0.25, 0.3) is 0 Å². The minimum atomic E-state index is -0.583. The number of hydrogen-bond donors (Lipinski definition) is 1. The van der Waals surface area contributed by atoms with Crippen molar-refractivity contribution >= 4 is 17.7 Å². The molecule has 0 saturated carbocycles. The van der Waals surface area contributed by atoms with Gasteiger partial charge in [-0.15, -0.1) is 11.6 Å². The fourth-order valence-corrected chi connectivity index (χ4v) is 1.93. The van der Waals surface area contributed by atoms with Gasteiger partial charge in [-0.1, -0.05) is 30.3 Å². The maximum Gasteiger partial charge on any atom is 0.407 e. The third-order valence-corrected chi connectivity index (χ3v) is 2.96. The summed E-state index contributed by atoms with van der Waals surface area (Å²) in [4.78, 5) is 11.0. The highest BCUT2D eigenvalue weighted by Crippen LogP contribution is 2.23. The van der Waals surface area contributed by atoms with E-state index in [1.807, 2.05) is 30.3 Å². The van der Waals surface area contributed by atoms with Gasteiger partial charge < -0.3 is 10.1 Å². The van der Waals surface area contributed by atoms with Crippen molar-refractivity contribution in [1.82, 2.24) is 5.32 Å². The minimum absolute atomic E-state index is 0.306. The maximum atomic E-state index is 11.0. The average Bonchev–Trinajstić information content (AvgIpc) is 2.62. The molecule has 1 amide bonds. The Morgan fingerprint density at radius 2 is 2.13 bits per heavy atom. The second-order valence-corrected chi connectivity index (χ2v) is 3.99. The molecule has 0 spiro atoms. The second kappa shape index (κ2) is 4.11. The predicted molar refractivity (Wildman–Crippen MR) is 58.1 cm³/mol. The van der Waals surface area contributed by atoms with Gasteiger partial charge in [-0.3, -0.25) is 0 Å². The summed E-state index contributed by atoms with van der Waals surface area (Å²) in [6.45, 7) is 0.476. The molecule has 80 valence electrons. The summed E-state index contributed by atoms with van der Waals surface area (Å²) in [5.74, 6) is 0.306. The molecule has 4 heteroatoms. The topological polar surface area (TPSA) is 38.3 Å². The molecule has 0 radical (unpaired) electrons. The van der Waals surface area contributed by atoms with Crippen molar-refractivity contribution in [3.8, 4) is 0 Å². The highest BCUT2D eigenvalue weighted by molar-refractivity contribution is 6.18. The van der Waals surface area contributed by atoms with Crippen LogP contribution in [0.15, 0.2) is 30.3 Å². The molecule has 0 aromatic heterocycles. The second-order valence-electron chi connectivity index (χ2n) is 3.72. The minimum Gasteiger partial charge on any atom is -0.439 e. The molecule has 3 nitrogen and oxygen atoms in total. The molecule has 1 unspecified atom stereocenters. The van der Waals surface area contributed by atoms with Crippen LogP contribution in [0.1, 0.15) is 5.56 Å². The molecule has 1 aromatic rings. The number of carbonyl (C=O) groups excluding carboxylic acids is 1. The molecule has 15 heavy (non-hydrogen) atoms. The van der Waals surface area contributed by atoms with Gasteiger partial charge in [-0.05, 0) is 5.56 Å². The largest absolute Gasteiger partial charge is 0.439 e. The third-order valence-electron chi connectivity index (χ3n) is 2.48. The van der Waals surface area contributed by atoms with E-state index in [9.17, 15) is 4.79 Å². The fraction of sp³-hybridized carbons (Fsp3) is 0.364. The summed E-state index contributed by atoms with van der Waals surface area (Å²) < 4.78 is 5.22. The molecule has 1 saturated heterocycles. The van der Waals surface area contributed by atoms with Crippen LogP contribution in [-0.2, 0) is 11.2 Å². The Hall–Kier alpha value is -1.22. The summed E-state index contributed by atoms with van der Waals surface area (Å²) in [7, 11) is 0. The molecule has 0 bridgehead atoms. The first-order valence-corrected chi connectivity index (χ1v) is 5.34. The smallest absolute Gasteiger partial charge is 0.407 e. The number of ether oxygens (including phenoxy) is 1. The third kappa shape index (κ3) is 2.23. The number of halogens is 1. The number of amides is 1. The first-order chi connectivity index (χ1) is 7.24. The first kappa shape index (κ1) is 10.3. The van der Waals surface area contributed by atoms with E-state index in [2.05, 4.69) is 5.32 Å². The van der Waals surface area contributed by atoms with Crippen molar-refractivity contribution in [2.45, 2.75) is 12.0 Å². The van der Waals surface area contributed by atoms with E-state index in [0.717, 1.165) is 5.56 Å². The van der Waals surface area contributed by atoms with Gasteiger partial charge in [-0.25, -0.2) is 4.79 Å². The molecule has 1 heterocycles.